The summed E-state index contributed by atoms with van der Waals surface area (Å²) in [6.07, 6.45) is 7.93. The van der Waals surface area contributed by atoms with Crippen molar-refractivity contribution in [3.05, 3.63) is 30.6 Å². The van der Waals surface area contributed by atoms with Crippen LogP contribution < -0.4 is 11.1 Å². The van der Waals surface area contributed by atoms with Crippen molar-refractivity contribution in [3.8, 4) is 0 Å². The van der Waals surface area contributed by atoms with E-state index in [1.165, 1.54) is 17.3 Å². The number of aliphatic imine (C=N–C) groups is 1. The van der Waals surface area contributed by atoms with Crippen LogP contribution >= 0.6 is 0 Å². The highest BCUT2D eigenvalue weighted by molar-refractivity contribution is 5.88. The van der Waals surface area contributed by atoms with Gasteiger partial charge in [-0.1, -0.05) is 0 Å². The smallest absolute Gasteiger partial charge is 0.288 e. The highest BCUT2D eigenvalue weighted by Crippen LogP contribution is 2.05. The summed E-state index contributed by atoms with van der Waals surface area (Å²) in [7, 11) is 0. The third-order valence-electron chi connectivity index (χ3n) is 1.68. The zero-order valence-electron chi connectivity index (χ0n) is 7.66. The third-order valence-corrected chi connectivity index (χ3v) is 1.68. The maximum Gasteiger partial charge on any atom is 0.288 e. The Kier molecular flexibility index (Phi) is 2.28. The monoisotopic (exact) mass is 204 g/mol. The lowest BCUT2D eigenvalue weighted by atomic mass is 10.4. The van der Waals surface area contributed by atoms with Crippen molar-refractivity contribution in [3.63, 3.8) is 0 Å². The molecule has 0 unspecified atom stereocenters. The molecule has 0 aliphatic carbocycles. The summed E-state index contributed by atoms with van der Waals surface area (Å²) >= 11 is 0. The van der Waals surface area contributed by atoms with Gasteiger partial charge in [0.1, 0.15) is 6.33 Å². The van der Waals surface area contributed by atoms with Crippen LogP contribution in [-0.4, -0.2) is 27.0 Å². The Morgan fingerprint density at radius 1 is 1.53 bits per heavy atom. The highest BCUT2D eigenvalue weighted by Gasteiger charge is 2.08. The van der Waals surface area contributed by atoms with E-state index >= 15 is 0 Å². The first-order valence-electron chi connectivity index (χ1n) is 4.13. The molecule has 0 radical (unpaired) electrons. The van der Waals surface area contributed by atoms with Gasteiger partial charge in [0.2, 0.25) is 5.82 Å². The van der Waals surface area contributed by atoms with E-state index in [1.807, 2.05) is 0 Å². The molecule has 1 aromatic rings. The van der Waals surface area contributed by atoms with Crippen LogP contribution in [0.1, 0.15) is 10.6 Å². The van der Waals surface area contributed by atoms with E-state index in [0.717, 1.165) is 0 Å². The SMILES string of the molecule is NC(=O)c1ncn(C2=CN=CNC=C2)n1. The number of rotatable bonds is 2. The molecule has 0 atom stereocenters. The van der Waals surface area contributed by atoms with E-state index in [0.29, 0.717) is 5.70 Å². The Morgan fingerprint density at radius 2 is 2.40 bits per heavy atom. The molecule has 1 aliphatic rings. The predicted octanol–water partition coefficient (Wildman–Crippen LogP) is -0.679. The number of nitrogens with two attached hydrogens (primary N) is 1. The molecule has 2 rings (SSSR count). The molecule has 7 nitrogen and oxygen atoms in total. The molecule has 2 heterocycles. The molecule has 15 heavy (non-hydrogen) atoms. The summed E-state index contributed by atoms with van der Waals surface area (Å²) in [5, 5.41) is 6.68. The maximum atomic E-state index is 10.8. The summed E-state index contributed by atoms with van der Waals surface area (Å²) in [6.45, 7) is 0. The molecule has 0 saturated carbocycles. The number of hydrogen-bond donors (Lipinski definition) is 2. The van der Waals surface area contributed by atoms with Gasteiger partial charge in [0.05, 0.1) is 18.2 Å². The predicted molar refractivity (Wildman–Crippen MR) is 53.6 cm³/mol. The van der Waals surface area contributed by atoms with Crippen LogP contribution in [0.25, 0.3) is 5.70 Å². The number of nitrogens with zero attached hydrogens (tertiary/aromatic N) is 4. The van der Waals surface area contributed by atoms with Gasteiger partial charge in [0.25, 0.3) is 5.91 Å². The first kappa shape index (κ1) is 9.13. The maximum absolute atomic E-state index is 10.8. The summed E-state index contributed by atoms with van der Waals surface area (Å²) in [6, 6.07) is 0. The summed E-state index contributed by atoms with van der Waals surface area (Å²) in [5.74, 6) is -0.681. The lowest BCUT2D eigenvalue weighted by Gasteiger charge is -1.96. The van der Waals surface area contributed by atoms with E-state index < -0.39 is 5.91 Å². The summed E-state index contributed by atoms with van der Waals surface area (Å²) in [4.78, 5) is 18.4. The van der Waals surface area contributed by atoms with Crippen molar-refractivity contribution in [2.75, 3.05) is 0 Å². The largest absolute Gasteiger partial charge is 0.363 e. The molecular formula is C8H8N6O. The lowest BCUT2D eigenvalue weighted by molar-refractivity contribution is 0.0990. The van der Waals surface area contributed by atoms with Crippen LogP contribution in [0, 0.1) is 0 Å². The summed E-state index contributed by atoms with van der Waals surface area (Å²) in [5.41, 5.74) is 5.71. The molecule has 1 amide bonds. The average molecular weight is 204 g/mol. The van der Waals surface area contributed by atoms with E-state index in [9.17, 15) is 4.79 Å². The van der Waals surface area contributed by atoms with Gasteiger partial charge in [0.15, 0.2) is 0 Å². The topological polar surface area (TPSA) is 98.2 Å². The fourth-order valence-corrected chi connectivity index (χ4v) is 1.01. The third kappa shape index (κ3) is 1.90. The molecule has 0 fully saturated rings. The lowest BCUT2D eigenvalue weighted by Crippen LogP contribution is -2.13. The van der Waals surface area contributed by atoms with Crippen molar-refractivity contribution in [2.24, 2.45) is 10.7 Å². The molecule has 0 aromatic carbocycles. The molecule has 0 spiro atoms. The van der Waals surface area contributed by atoms with Crippen LogP contribution in [0.2, 0.25) is 0 Å². The van der Waals surface area contributed by atoms with Gasteiger partial charge in [-0.05, 0) is 6.08 Å². The highest BCUT2D eigenvalue weighted by atomic mass is 16.1. The zero-order chi connectivity index (χ0) is 10.7. The number of amides is 1. The second-order valence-corrected chi connectivity index (χ2v) is 2.71. The van der Waals surface area contributed by atoms with Crippen molar-refractivity contribution in [1.82, 2.24) is 20.1 Å². The number of aromatic nitrogens is 3. The zero-order valence-corrected chi connectivity index (χ0v) is 7.66. The van der Waals surface area contributed by atoms with Crippen LogP contribution in [0.5, 0.6) is 0 Å². The van der Waals surface area contributed by atoms with E-state index in [1.54, 1.807) is 18.5 Å². The first-order chi connectivity index (χ1) is 7.27. The van der Waals surface area contributed by atoms with Gasteiger partial charge in [-0.25, -0.2) is 14.7 Å². The number of hydrogen-bond acceptors (Lipinski definition) is 5. The Balaban J connectivity index is 2.33. The molecule has 0 bridgehead atoms. The summed E-state index contributed by atoms with van der Waals surface area (Å²) < 4.78 is 1.42. The second-order valence-electron chi connectivity index (χ2n) is 2.71. The normalized spacial score (nSPS) is 14.3. The van der Waals surface area contributed by atoms with Crippen LogP contribution in [0.15, 0.2) is 29.8 Å². The number of carbonyl (C=O) groups excluding carboxylic acids is 1. The Labute approximate surface area is 85.0 Å². The van der Waals surface area contributed by atoms with Gasteiger partial charge in [-0.3, -0.25) is 4.79 Å². The van der Waals surface area contributed by atoms with Gasteiger partial charge in [-0.2, -0.15) is 0 Å². The Hall–Kier alpha value is -2.44. The fraction of sp³-hybridized carbons (Fsp3) is 0. The van der Waals surface area contributed by atoms with Gasteiger partial charge in [0, 0.05) is 6.20 Å². The van der Waals surface area contributed by atoms with Crippen molar-refractivity contribution >= 4 is 17.9 Å². The minimum atomic E-state index is -0.659. The number of nitrogens with one attached hydrogen (secondary N) is 1. The number of allylic oxidation sites excluding steroid dienone is 2. The Bertz CT molecular complexity index is 469. The van der Waals surface area contributed by atoms with Crippen LogP contribution in [0.3, 0.4) is 0 Å². The standard InChI is InChI=1S/C8H8N6O/c9-7(15)8-12-5-14(13-8)6-1-2-10-4-11-3-6/h1-5H,(H2,9,15)(H,10,11). The van der Waals surface area contributed by atoms with Gasteiger partial charge in [-0.15, -0.1) is 5.10 Å². The molecule has 7 heteroatoms. The number of primary amides is 1. The van der Waals surface area contributed by atoms with E-state index in [2.05, 4.69) is 20.4 Å². The van der Waals surface area contributed by atoms with E-state index in [-0.39, 0.29) is 5.82 Å². The van der Waals surface area contributed by atoms with E-state index in [4.69, 9.17) is 5.73 Å². The minimum absolute atomic E-state index is 0.0227. The van der Waals surface area contributed by atoms with Gasteiger partial charge < -0.3 is 11.1 Å². The van der Waals surface area contributed by atoms with Crippen molar-refractivity contribution in [1.29, 1.82) is 0 Å². The first-order valence-corrected chi connectivity index (χ1v) is 4.13. The Morgan fingerprint density at radius 3 is 3.13 bits per heavy atom. The average Bonchev–Trinajstić information content (AvgIpc) is 2.55. The molecule has 3 N–H and O–H groups in total. The molecule has 76 valence electrons. The molecular weight excluding hydrogens is 196 g/mol. The van der Waals surface area contributed by atoms with Crippen molar-refractivity contribution in [2.45, 2.75) is 0 Å². The molecule has 1 aromatic heterocycles. The van der Waals surface area contributed by atoms with Crippen molar-refractivity contribution < 1.29 is 4.79 Å². The minimum Gasteiger partial charge on any atom is -0.363 e. The number of carbonyl (C=O) groups is 1. The fourth-order valence-electron chi connectivity index (χ4n) is 1.01. The van der Waals surface area contributed by atoms with Crippen LogP contribution in [0.4, 0.5) is 0 Å². The van der Waals surface area contributed by atoms with Gasteiger partial charge >= 0.3 is 0 Å². The second kappa shape index (κ2) is 3.74. The van der Waals surface area contributed by atoms with Crippen LogP contribution in [-0.2, 0) is 0 Å². The quantitative estimate of drug-likeness (QED) is 0.666. The molecule has 1 aliphatic heterocycles. The molecule has 0 saturated heterocycles.